The number of halogens is 1. The van der Waals surface area contributed by atoms with Gasteiger partial charge in [0.25, 0.3) is 5.91 Å². The van der Waals surface area contributed by atoms with Gasteiger partial charge in [0, 0.05) is 24.8 Å². The molecule has 0 bridgehead atoms. The maximum absolute atomic E-state index is 12.4. The number of hydroxylamine groups is 1. The first-order valence-electron chi connectivity index (χ1n) is 8.29. The van der Waals surface area contributed by atoms with E-state index in [9.17, 15) is 9.59 Å². The number of hydrogen-bond acceptors (Lipinski definition) is 5. The van der Waals surface area contributed by atoms with Crippen LogP contribution in [-0.4, -0.2) is 32.0 Å². The van der Waals surface area contributed by atoms with Crippen LogP contribution in [-0.2, 0) is 14.4 Å². The molecule has 0 saturated carbocycles. The summed E-state index contributed by atoms with van der Waals surface area (Å²) in [5.41, 5.74) is 2.70. The van der Waals surface area contributed by atoms with Gasteiger partial charge >= 0.3 is 0 Å². The Morgan fingerprint density at radius 3 is 2.27 bits per heavy atom. The molecule has 2 aromatic rings. The van der Waals surface area contributed by atoms with E-state index >= 15 is 0 Å². The molecule has 2 fully saturated rings. The minimum absolute atomic E-state index is 0.307. The van der Waals surface area contributed by atoms with Crippen LogP contribution in [0.5, 0.6) is 0 Å². The van der Waals surface area contributed by atoms with Crippen molar-refractivity contribution in [1.82, 2.24) is 5.32 Å². The fourth-order valence-corrected chi connectivity index (χ4v) is 3.58. The number of fused-ring (bicyclic) bond motifs is 1. The highest BCUT2D eigenvalue weighted by Crippen LogP contribution is 2.44. The number of amides is 2. The van der Waals surface area contributed by atoms with E-state index in [1.165, 1.54) is 0 Å². The van der Waals surface area contributed by atoms with Crippen LogP contribution in [0.25, 0.3) is 0 Å². The quantitative estimate of drug-likeness (QED) is 0.840. The summed E-state index contributed by atoms with van der Waals surface area (Å²) in [4.78, 5) is 32.4. The van der Waals surface area contributed by atoms with Crippen molar-refractivity contribution in [3.8, 4) is 0 Å². The van der Waals surface area contributed by atoms with E-state index in [4.69, 9.17) is 16.4 Å². The number of rotatable bonds is 3. The van der Waals surface area contributed by atoms with Gasteiger partial charge in [-0.05, 0) is 42.0 Å². The highest BCUT2D eigenvalue weighted by Gasteiger charge is 2.56. The average Bonchev–Trinajstić information content (AvgIpc) is 3.14. The van der Waals surface area contributed by atoms with Crippen molar-refractivity contribution in [3.63, 3.8) is 0 Å². The Labute approximate surface area is 156 Å². The molecule has 2 saturated heterocycles. The van der Waals surface area contributed by atoms with Crippen molar-refractivity contribution in [2.24, 2.45) is 5.92 Å². The molecular formula is C19H18ClN3O3. The monoisotopic (exact) mass is 371 g/mol. The third kappa shape index (κ3) is 2.71. The van der Waals surface area contributed by atoms with Crippen molar-refractivity contribution in [1.29, 1.82) is 0 Å². The van der Waals surface area contributed by atoms with Gasteiger partial charge in [-0.1, -0.05) is 23.7 Å². The zero-order valence-corrected chi connectivity index (χ0v) is 15.1. The first-order chi connectivity index (χ1) is 12.5. The first-order valence-corrected chi connectivity index (χ1v) is 8.67. The molecule has 0 aliphatic carbocycles. The van der Waals surface area contributed by atoms with Gasteiger partial charge in [0.05, 0.1) is 11.7 Å². The highest BCUT2D eigenvalue weighted by atomic mass is 35.5. The summed E-state index contributed by atoms with van der Waals surface area (Å²) >= 11 is 5.98. The second-order valence-electron chi connectivity index (χ2n) is 6.64. The predicted octanol–water partition coefficient (Wildman–Crippen LogP) is 2.54. The zero-order valence-electron chi connectivity index (χ0n) is 14.3. The van der Waals surface area contributed by atoms with Gasteiger partial charge in [0.1, 0.15) is 5.92 Å². The number of hydrogen-bond donors (Lipinski definition) is 1. The lowest BCUT2D eigenvalue weighted by Crippen LogP contribution is -2.33. The van der Waals surface area contributed by atoms with E-state index in [-0.39, 0.29) is 5.91 Å². The molecule has 0 radical (unpaired) electrons. The average molecular weight is 372 g/mol. The standard InChI is InChI=1S/C19H18ClN3O3/c1-22(2)13-7-3-11(4-8-13)16-15-17(19(25)21-18(15)24)26-23(16)14-9-5-12(20)6-10-14/h3-10,15-17H,1-2H3,(H,21,24,25)/t15-,16+,17-/m1/s1. The second kappa shape index (κ2) is 6.30. The molecular weight excluding hydrogens is 354 g/mol. The second-order valence-corrected chi connectivity index (χ2v) is 7.07. The van der Waals surface area contributed by atoms with E-state index in [2.05, 4.69) is 5.32 Å². The molecule has 0 spiro atoms. The van der Waals surface area contributed by atoms with Crippen molar-refractivity contribution in [2.45, 2.75) is 12.1 Å². The Kier molecular flexibility index (Phi) is 4.09. The fourth-order valence-electron chi connectivity index (χ4n) is 3.45. The summed E-state index contributed by atoms with van der Waals surface area (Å²) in [5.74, 6) is -1.30. The minimum atomic E-state index is -0.822. The lowest BCUT2D eigenvalue weighted by molar-refractivity contribution is -0.129. The highest BCUT2D eigenvalue weighted by molar-refractivity contribution is 6.30. The van der Waals surface area contributed by atoms with Crippen LogP contribution in [0.15, 0.2) is 48.5 Å². The third-order valence-corrected chi connectivity index (χ3v) is 5.04. The fraction of sp³-hybridized carbons (Fsp3) is 0.263. The molecule has 6 nitrogen and oxygen atoms in total. The first kappa shape index (κ1) is 16.9. The Balaban J connectivity index is 1.76. The molecule has 4 rings (SSSR count). The van der Waals surface area contributed by atoms with Crippen LogP contribution in [0.2, 0.25) is 5.02 Å². The molecule has 2 amide bonds. The topological polar surface area (TPSA) is 61.9 Å². The van der Waals surface area contributed by atoms with E-state index in [0.29, 0.717) is 5.02 Å². The van der Waals surface area contributed by atoms with Crippen LogP contribution < -0.4 is 15.3 Å². The van der Waals surface area contributed by atoms with Crippen LogP contribution in [0.3, 0.4) is 0 Å². The summed E-state index contributed by atoms with van der Waals surface area (Å²) < 4.78 is 0. The molecule has 2 heterocycles. The van der Waals surface area contributed by atoms with Gasteiger partial charge in [-0.3, -0.25) is 19.7 Å². The molecule has 134 valence electrons. The minimum Gasteiger partial charge on any atom is -0.378 e. The van der Waals surface area contributed by atoms with Gasteiger partial charge in [-0.2, -0.15) is 0 Å². The van der Waals surface area contributed by atoms with E-state index in [1.807, 2.05) is 55.4 Å². The molecule has 3 atom stereocenters. The van der Waals surface area contributed by atoms with Gasteiger partial charge in [-0.15, -0.1) is 0 Å². The smallest absolute Gasteiger partial charge is 0.259 e. The van der Waals surface area contributed by atoms with E-state index < -0.39 is 24.0 Å². The van der Waals surface area contributed by atoms with E-state index in [0.717, 1.165) is 16.9 Å². The molecule has 0 aromatic heterocycles. The maximum atomic E-state index is 12.4. The number of benzene rings is 2. The van der Waals surface area contributed by atoms with Crippen molar-refractivity contribution >= 4 is 34.8 Å². The van der Waals surface area contributed by atoms with Crippen LogP contribution >= 0.6 is 11.6 Å². The Morgan fingerprint density at radius 1 is 1.00 bits per heavy atom. The maximum Gasteiger partial charge on any atom is 0.259 e. The molecule has 26 heavy (non-hydrogen) atoms. The number of nitrogens with zero attached hydrogens (tertiary/aromatic N) is 2. The van der Waals surface area contributed by atoms with Gasteiger partial charge in [0.2, 0.25) is 5.91 Å². The molecule has 1 N–H and O–H groups in total. The number of carbonyl (C=O) groups excluding carboxylic acids is 2. The number of nitrogens with one attached hydrogen (secondary N) is 1. The van der Waals surface area contributed by atoms with Gasteiger partial charge in [-0.25, -0.2) is 5.06 Å². The molecule has 2 aromatic carbocycles. The molecule has 0 unspecified atom stereocenters. The van der Waals surface area contributed by atoms with Crippen molar-refractivity contribution in [2.75, 3.05) is 24.1 Å². The summed E-state index contributed by atoms with van der Waals surface area (Å²) in [5, 5.41) is 4.62. The molecule has 7 heteroatoms. The number of imide groups is 1. The van der Waals surface area contributed by atoms with Gasteiger partial charge < -0.3 is 4.90 Å². The van der Waals surface area contributed by atoms with Crippen LogP contribution in [0.4, 0.5) is 11.4 Å². The lowest BCUT2D eigenvalue weighted by atomic mass is 9.90. The molecule has 2 aliphatic rings. The summed E-state index contributed by atoms with van der Waals surface area (Å²) in [6, 6.07) is 14.6. The van der Waals surface area contributed by atoms with Crippen molar-refractivity contribution in [3.05, 3.63) is 59.1 Å². The van der Waals surface area contributed by atoms with Gasteiger partial charge in [0.15, 0.2) is 6.10 Å². The normalized spacial score (nSPS) is 24.6. The summed E-state index contributed by atoms with van der Waals surface area (Å²) in [6.45, 7) is 0. The van der Waals surface area contributed by atoms with Crippen LogP contribution in [0, 0.1) is 5.92 Å². The largest absolute Gasteiger partial charge is 0.378 e. The summed E-state index contributed by atoms with van der Waals surface area (Å²) in [7, 11) is 3.93. The Hall–Kier alpha value is -2.57. The van der Waals surface area contributed by atoms with Crippen LogP contribution in [0.1, 0.15) is 11.6 Å². The lowest BCUT2D eigenvalue weighted by Gasteiger charge is -2.27. The van der Waals surface area contributed by atoms with E-state index in [1.54, 1.807) is 17.2 Å². The SMILES string of the molecule is CN(C)c1ccc([C@H]2[C@H]3C(=O)NC(=O)[C@@H]3ON2c2ccc(Cl)cc2)cc1. The predicted molar refractivity (Wildman–Crippen MR) is 99.0 cm³/mol. The number of anilines is 2. The molecule has 2 aliphatic heterocycles. The third-order valence-electron chi connectivity index (χ3n) is 4.79. The number of carbonyl (C=O) groups is 2. The van der Waals surface area contributed by atoms with Crippen molar-refractivity contribution < 1.29 is 14.4 Å². The summed E-state index contributed by atoms with van der Waals surface area (Å²) in [6.07, 6.45) is -0.822. The Morgan fingerprint density at radius 2 is 1.65 bits per heavy atom. The zero-order chi connectivity index (χ0) is 18.4. The Bertz CT molecular complexity index is 851.